The van der Waals surface area contributed by atoms with Gasteiger partial charge >= 0.3 is 0 Å². The number of ether oxygens (including phenoxy) is 3. The van der Waals surface area contributed by atoms with Crippen LogP contribution < -0.4 is 19.5 Å². The van der Waals surface area contributed by atoms with Crippen LogP contribution in [0, 0.1) is 5.41 Å². The van der Waals surface area contributed by atoms with Gasteiger partial charge in [0.25, 0.3) is 0 Å². The molecule has 5 heterocycles. The lowest BCUT2D eigenvalue weighted by atomic mass is 9.72. The maximum Gasteiger partial charge on any atom is 0.231 e. The second kappa shape index (κ2) is 13.2. The van der Waals surface area contributed by atoms with Gasteiger partial charge in [-0.15, -0.1) is 0 Å². The predicted molar refractivity (Wildman–Crippen MR) is 196 cm³/mol. The number of pyridine rings is 2. The number of nitrogens with zero attached hydrogens (tertiary/aromatic N) is 5. The molecule has 258 valence electrons. The number of halogens is 2. The maximum absolute atomic E-state index is 11.6. The molecule has 1 aliphatic carbocycles. The topological polar surface area (TPSA) is 101 Å². The van der Waals surface area contributed by atoms with Gasteiger partial charge in [-0.05, 0) is 63.7 Å². The molecule has 8 rings (SSSR count). The Bertz CT molecular complexity index is 2020. The Morgan fingerprint density at radius 3 is 2.46 bits per heavy atom. The molecule has 0 radical (unpaired) electrons. The molecule has 2 fully saturated rings. The van der Waals surface area contributed by atoms with Crippen LogP contribution in [0.3, 0.4) is 0 Å². The SMILES string of the molecule is COc1nc(O[C@H]2CCc3c(-c4cccc(-c5ccc(C6=NCCN6)c(OC)n5)c4Cl)cccc32)c(Br)cc1CN1CC2(C1)CN(C(C)=O)C2. The molecule has 0 saturated carbocycles. The number of amidine groups is 1. The third-order valence-corrected chi connectivity index (χ3v) is 11.2. The Balaban J connectivity index is 1.01. The molecule has 2 aromatic carbocycles. The normalized spacial score (nSPS) is 18.9. The Kier molecular flexibility index (Phi) is 8.69. The van der Waals surface area contributed by atoms with Gasteiger partial charge in [0.1, 0.15) is 11.9 Å². The van der Waals surface area contributed by atoms with Gasteiger partial charge in [0, 0.05) is 68.3 Å². The number of rotatable bonds is 9. The number of nitrogens with one attached hydrogen (secondary N) is 1. The Hall–Kier alpha value is -4.19. The van der Waals surface area contributed by atoms with E-state index in [9.17, 15) is 4.79 Å². The summed E-state index contributed by atoms with van der Waals surface area (Å²) in [7, 11) is 3.27. The number of likely N-dealkylation sites (tertiary alicyclic amines) is 2. The van der Waals surface area contributed by atoms with Crippen LogP contribution in [0.2, 0.25) is 5.02 Å². The molecule has 0 unspecified atom stereocenters. The molecule has 4 aliphatic rings. The van der Waals surface area contributed by atoms with E-state index >= 15 is 0 Å². The van der Waals surface area contributed by atoms with Gasteiger partial charge < -0.3 is 24.4 Å². The molecule has 3 aliphatic heterocycles. The lowest BCUT2D eigenvalue weighted by molar-refractivity contribution is -0.157. The van der Waals surface area contributed by atoms with E-state index in [4.69, 9.17) is 35.8 Å². The van der Waals surface area contributed by atoms with Crippen LogP contribution in [-0.2, 0) is 17.8 Å². The fourth-order valence-electron chi connectivity index (χ4n) is 7.88. The number of hydrogen-bond acceptors (Lipinski definition) is 9. The number of aliphatic imine (C=N–C) groups is 1. The van der Waals surface area contributed by atoms with Crippen molar-refractivity contribution in [3.63, 3.8) is 0 Å². The fourth-order valence-corrected chi connectivity index (χ4v) is 8.66. The van der Waals surface area contributed by atoms with E-state index in [-0.39, 0.29) is 17.4 Å². The highest BCUT2D eigenvalue weighted by atomic mass is 79.9. The third-order valence-electron chi connectivity index (χ3n) is 10.2. The Morgan fingerprint density at radius 1 is 0.960 bits per heavy atom. The smallest absolute Gasteiger partial charge is 0.231 e. The number of amides is 1. The molecule has 12 heteroatoms. The van der Waals surface area contributed by atoms with Crippen molar-refractivity contribution in [2.75, 3.05) is 53.5 Å². The predicted octanol–water partition coefficient (Wildman–Crippen LogP) is 6.32. The minimum atomic E-state index is -0.171. The molecule has 1 N–H and O–H groups in total. The van der Waals surface area contributed by atoms with E-state index in [2.05, 4.69) is 61.5 Å². The van der Waals surface area contributed by atoms with Crippen molar-refractivity contribution in [1.82, 2.24) is 25.1 Å². The first-order valence-corrected chi connectivity index (χ1v) is 18.1. The van der Waals surface area contributed by atoms with E-state index in [0.717, 1.165) is 108 Å². The van der Waals surface area contributed by atoms with Crippen LogP contribution in [0.1, 0.15) is 41.7 Å². The van der Waals surface area contributed by atoms with Crippen LogP contribution in [-0.4, -0.2) is 85.0 Å². The van der Waals surface area contributed by atoms with Crippen LogP contribution in [0.5, 0.6) is 17.6 Å². The number of methoxy groups -OCH3 is 2. The molecule has 0 bridgehead atoms. The van der Waals surface area contributed by atoms with Crippen LogP contribution >= 0.6 is 27.5 Å². The zero-order valence-corrected chi connectivity index (χ0v) is 30.6. The average Bonchev–Trinajstić information content (AvgIpc) is 3.77. The second-order valence-corrected chi connectivity index (χ2v) is 14.8. The molecule has 4 aromatic rings. The first-order chi connectivity index (χ1) is 24.3. The molecule has 2 aromatic heterocycles. The standard InChI is InChI=1S/C38H38BrClN6O4/c1-22(47)46-20-38(21-46)18-45(19-38)17-23-16-30(39)37(44-35(23)48-2)50-32-13-11-25-24(6-4-7-26(25)32)27-8-5-9-28(33(27)40)31-12-10-29(36(43-31)49-3)34-41-14-15-42-34/h4-10,12,16,32H,11,13-15,17-21H2,1-3H3,(H,41,42)/t32-/m0/s1. The lowest BCUT2D eigenvalue weighted by Crippen LogP contribution is -2.72. The van der Waals surface area contributed by atoms with Crippen molar-refractivity contribution < 1.29 is 19.0 Å². The molecule has 10 nitrogen and oxygen atoms in total. The van der Waals surface area contributed by atoms with Crippen molar-refractivity contribution in [1.29, 1.82) is 0 Å². The van der Waals surface area contributed by atoms with Gasteiger partial charge in [-0.25, -0.2) is 4.98 Å². The number of aromatic nitrogens is 2. The molecule has 1 amide bonds. The molecule has 1 spiro atoms. The number of benzene rings is 2. The highest BCUT2D eigenvalue weighted by Crippen LogP contribution is 2.45. The summed E-state index contributed by atoms with van der Waals surface area (Å²) in [6, 6.07) is 18.4. The van der Waals surface area contributed by atoms with Crippen LogP contribution in [0.4, 0.5) is 0 Å². The van der Waals surface area contributed by atoms with Crippen molar-refractivity contribution in [3.8, 4) is 40.0 Å². The van der Waals surface area contributed by atoms with Crippen molar-refractivity contribution >= 4 is 39.3 Å². The van der Waals surface area contributed by atoms with Crippen molar-refractivity contribution in [2.24, 2.45) is 10.4 Å². The zero-order valence-electron chi connectivity index (χ0n) is 28.3. The van der Waals surface area contributed by atoms with Gasteiger partial charge in [0.05, 0.1) is 41.5 Å². The maximum atomic E-state index is 11.6. The number of carbonyl (C=O) groups excluding carboxylic acids is 1. The Labute approximate surface area is 304 Å². The molecular weight excluding hydrogens is 720 g/mol. The largest absolute Gasteiger partial charge is 0.481 e. The summed E-state index contributed by atoms with van der Waals surface area (Å²) < 4.78 is 18.8. The quantitative estimate of drug-likeness (QED) is 0.212. The minimum absolute atomic E-state index is 0.156. The van der Waals surface area contributed by atoms with E-state index < -0.39 is 0 Å². The summed E-state index contributed by atoms with van der Waals surface area (Å²) >= 11 is 10.9. The van der Waals surface area contributed by atoms with Crippen LogP contribution in [0.25, 0.3) is 22.4 Å². The molecule has 50 heavy (non-hydrogen) atoms. The fraction of sp³-hybridized carbons (Fsp3) is 0.368. The van der Waals surface area contributed by atoms with Gasteiger partial charge in [-0.2, -0.15) is 4.98 Å². The number of carbonyl (C=O) groups is 1. The van der Waals surface area contributed by atoms with Gasteiger partial charge in [0.15, 0.2) is 0 Å². The highest BCUT2D eigenvalue weighted by molar-refractivity contribution is 9.10. The summed E-state index contributed by atoms with van der Waals surface area (Å²) in [5, 5.41) is 3.93. The van der Waals surface area contributed by atoms with E-state index in [1.165, 1.54) is 5.56 Å². The summed E-state index contributed by atoms with van der Waals surface area (Å²) in [6.07, 6.45) is 1.49. The first kappa shape index (κ1) is 33.0. The van der Waals surface area contributed by atoms with E-state index in [0.29, 0.717) is 22.7 Å². The summed E-state index contributed by atoms with van der Waals surface area (Å²) in [5.41, 5.74) is 8.01. The number of fused-ring (bicyclic) bond motifs is 1. The van der Waals surface area contributed by atoms with Crippen molar-refractivity contribution in [2.45, 2.75) is 32.4 Å². The summed E-state index contributed by atoms with van der Waals surface area (Å²) in [4.78, 5) is 30.1. The molecular formula is C38H38BrClN6O4. The average molecular weight is 758 g/mol. The van der Waals surface area contributed by atoms with Gasteiger partial charge in [-0.3, -0.25) is 14.7 Å². The van der Waals surface area contributed by atoms with E-state index in [1.54, 1.807) is 21.1 Å². The Morgan fingerprint density at radius 2 is 1.72 bits per heavy atom. The third kappa shape index (κ3) is 5.88. The van der Waals surface area contributed by atoms with E-state index in [1.807, 2.05) is 29.2 Å². The lowest BCUT2D eigenvalue weighted by Gasteiger charge is -2.60. The zero-order chi connectivity index (χ0) is 34.6. The van der Waals surface area contributed by atoms with Gasteiger partial charge in [-0.1, -0.05) is 48.0 Å². The summed E-state index contributed by atoms with van der Waals surface area (Å²) in [5.74, 6) is 2.53. The van der Waals surface area contributed by atoms with Crippen LogP contribution in [0.15, 0.2) is 64.1 Å². The minimum Gasteiger partial charge on any atom is -0.481 e. The highest BCUT2D eigenvalue weighted by Gasteiger charge is 2.52. The summed E-state index contributed by atoms with van der Waals surface area (Å²) in [6.45, 7) is 7.54. The molecule has 1 atom stereocenters. The second-order valence-electron chi connectivity index (χ2n) is 13.6. The van der Waals surface area contributed by atoms with Crippen molar-refractivity contribution in [3.05, 3.63) is 86.3 Å². The molecule has 2 saturated heterocycles. The monoisotopic (exact) mass is 756 g/mol. The van der Waals surface area contributed by atoms with Gasteiger partial charge in [0.2, 0.25) is 23.5 Å². The number of hydrogen-bond donors (Lipinski definition) is 1. The first-order valence-electron chi connectivity index (χ1n) is 16.9.